The monoisotopic (exact) mass is 487 g/mol. The second-order valence-electron chi connectivity index (χ2n) is 7.30. The predicted molar refractivity (Wildman–Crippen MR) is 105 cm³/mol. The molecule has 0 saturated carbocycles. The summed E-state index contributed by atoms with van der Waals surface area (Å²) in [7, 11) is 0. The molecule has 0 radical (unpaired) electrons. The summed E-state index contributed by atoms with van der Waals surface area (Å²) in [6, 6.07) is 8.38. The number of halogens is 7. The number of nitrogens with zero attached hydrogens (tertiary/aromatic N) is 3. The number of carbonyl (C=O) groups excluding carboxylic acids is 2. The van der Waals surface area contributed by atoms with Crippen molar-refractivity contribution in [2.24, 2.45) is 0 Å². The van der Waals surface area contributed by atoms with Crippen LogP contribution in [0.4, 0.5) is 32.0 Å². The maximum atomic E-state index is 13.2. The summed E-state index contributed by atoms with van der Waals surface area (Å²) in [6.07, 6.45) is -10.1. The Bertz CT molecular complexity index is 1300. The van der Waals surface area contributed by atoms with E-state index in [1.54, 1.807) is 0 Å². The first-order valence-electron chi connectivity index (χ1n) is 9.28. The maximum absolute atomic E-state index is 13.2. The van der Waals surface area contributed by atoms with Crippen molar-refractivity contribution in [3.63, 3.8) is 0 Å². The average Bonchev–Trinajstić information content (AvgIpc) is 3.23. The minimum atomic E-state index is -5.05. The van der Waals surface area contributed by atoms with Gasteiger partial charge in [-0.2, -0.15) is 31.4 Å². The summed E-state index contributed by atoms with van der Waals surface area (Å²) in [5.74, 6) is -1.27. The van der Waals surface area contributed by atoms with Crippen molar-refractivity contribution >= 4 is 29.1 Å². The Morgan fingerprint density at radius 3 is 2.21 bits per heavy atom. The lowest BCUT2D eigenvalue weighted by Gasteiger charge is -2.18. The second kappa shape index (κ2) is 7.62. The first-order chi connectivity index (χ1) is 15.3. The van der Waals surface area contributed by atoms with Crippen LogP contribution in [0, 0.1) is 6.92 Å². The summed E-state index contributed by atoms with van der Waals surface area (Å²) < 4.78 is 78.6. The molecule has 0 saturated heterocycles. The van der Waals surface area contributed by atoms with E-state index in [1.807, 2.05) is 0 Å². The zero-order valence-electron chi connectivity index (χ0n) is 16.6. The number of rotatable bonds is 3. The SMILES string of the molecule is Cc1cc(Cn2nc(C(F)(F)F)cc2C(F)(F)F)ccc1N1C(=O)c2cccc(Cl)c2C1=O. The fraction of sp³-hybridized carbons (Fsp3) is 0.190. The van der Waals surface area contributed by atoms with Crippen molar-refractivity contribution < 1.29 is 35.9 Å². The summed E-state index contributed by atoms with van der Waals surface area (Å²) in [4.78, 5) is 26.4. The quantitative estimate of drug-likeness (QED) is 0.350. The smallest absolute Gasteiger partial charge is 0.268 e. The molecule has 1 aliphatic rings. The Kier molecular flexibility index (Phi) is 5.27. The zero-order chi connectivity index (χ0) is 24.3. The number of hydrogen-bond acceptors (Lipinski definition) is 3. The number of aryl methyl sites for hydroxylation is 1. The van der Waals surface area contributed by atoms with E-state index in [4.69, 9.17) is 11.6 Å². The van der Waals surface area contributed by atoms with Gasteiger partial charge in [-0.25, -0.2) is 4.90 Å². The highest BCUT2D eigenvalue weighted by atomic mass is 35.5. The molecule has 0 N–H and O–H groups in total. The van der Waals surface area contributed by atoms with Gasteiger partial charge in [0, 0.05) is 6.07 Å². The van der Waals surface area contributed by atoms with E-state index in [0.29, 0.717) is 5.56 Å². The molecule has 0 bridgehead atoms. The molecule has 0 aliphatic carbocycles. The van der Waals surface area contributed by atoms with Crippen LogP contribution in [-0.4, -0.2) is 21.6 Å². The van der Waals surface area contributed by atoms with Crippen LogP contribution in [0.5, 0.6) is 0 Å². The van der Waals surface area contributed by atoms with Crippen LogP contribution < -0.4 is 4.90 Å². The van der Waals surface area contributed by atoms with Gasteiger partial charge in [0.15, 0.2) is 5.69 Å². The number of carbonyl (C=O) groups is 2. The average molecular weight is 488 g/mol. The van der Waals surface area contributed by atoms with Crippen molar-refractivity contribution in [3.8, 4) is 0 Å². The highest BCUT2D eigenvalue weighted by Gasteiger charge is 2.42. The molecule has 4 rings (SSSR count). The molecule has 33 heavy (non-hydrogen) atoms. The molecule has 2 amide bonds. The largest absolute Gasteiger partial charge is 0.435 e. The van der Waals surface area contributed by atoms with E-state index >= 15 is 0 Å². The lowest BCUT2D eigenvalue weighted by atomic mass is 10.1. The van der Waals surface area contributed by atoms with Crippen molar-refractivity contribution in [3.05, 3.63) is 81.1 Å². The Labute approximate surface area is 187 Å². The lowest BCUT2D eigenvalue weighted by Crippen LogP contribution is -2.30. The van der Waals surface area contributed by atoms with Crippen LogP contribution in [0.25, 0.3) is 0 Å². The highest BCUT2D eigenvalue weighted by Crippen LogP contribution is 2.37. The van der Waals surface area contributed by atoms with Gasteiger partial charge in [0.2, 0.25) is 0 Å². The van der Waals surface area contributed by atoms with Crippen LogP contribution in [0.1, 0.15) is 43.2 Å². The van der Waals surface area contributed by atoms with Crippen LogP contribution in [0.15, 0.2) is 42.5 Å². The molecule has 5 nitrogen and oxygen atoms in total. The summed E-state index contributed by atoms with van der Waals surface area (Å²) in [5, 5.41) is 3.17. The zero-order valence-corrected chi connectivity index (χ0v) is 17.3. The molecule has 172 valence electrons. The first-order valence-corrected chi connectivity index (χ1v) is 9.66. The molecule has 0 unspecified atom stereocenters. The molecule has 2 heterocycles. The van der Waals surface area contributed by atoms with Gasteiger partial charge in [0.1, 0.15) is 5.69 Å². The van der Waals surface area contributed by atoms with E-state index in [2.05, 4.69) is 5.10 Å². The Hall–Kier alpha value is -3.34. The molecule has 3 aromatic rings. The Morgan fingerprint density at radius 2 is 1.64 bits per heavy atom. The molecular weight excluding hydrogens is 476 g/mol. The topological polar surface area (TPSA) is 55.2 Å². The van der Waals surface area contributed by atoms with Crippen LogP contribution >= 0.6 is 11.6 Å². The number of imide groups is 1. The minimum Gasteiger partial charge on any atom is -0.268 e. The number of amides is 2. The van der Waals surface area contributed by atoms with Crippen molar-refractivity contribution in [2.45, 2.75) is 25.8 Å². The van der Waals surface area contributed by atoms with Crippen LogP contribution in [-0.2, 0) is 18.9 Å². The normalized spacial score (nSPS) is 14.2. The molecule has 12 heteroatoms. The molecule has 2 aromatic carbocycles. The predicted octanol–water partition coefficient (Wildman–Crippen LogP) is 5.73. The van der Waals surface area contributed by atoms with E-state index in [0.717, 1.165) is 4.90 Å². The highest BCUT2D eigenvalue weighted by molar-refractivity contribution is 6.42. The lowest BCUT2D eigenvalue weighted by molar-refractivity contribution is -0.144. The van der Waals surface area contributed by atoms with E-state index in [-0.39, 0.29) is 38.1 Å². The van der Waals surface area contributed by atoms with Gasteiger partial charge in [0.25, 0.3) is 11.8 Å². The standard InChI is InChI=1S/C21H12ClF6N3O2/c1-10-7-11(9-30-16(21(26,27)28)8-15(29-30)20(23,24)25)5-6-14(10)31-18(32)12-3-2-4-13(22)17(12)19(31)33/h2-8H,9H2,1H3. The third-order valence-corrected chi connectivity index (χ3v) is 5.37. The molecule has 1 aliphatic heterocycles. The first kappa shape index (κ1) is 22.8. The van der Waals surface area contributed by atoms with E-state index in [9.17, 15) is 35.9 Å². The van der Waals surface area contributed by atoms with Gasteiger partial charge in [-0.1, -0.05) is 29.8 Å². The molecular formula is C21H12ClF6N3O2. The van der Waals surface area contributed by atoms with Crippen LogP contribution in [0.2, 0.25) is 5.02 Å². The molecule has 0 spiro atoms. The van der Waals surface area contributed by atoms with Gasteiger partial charge in [-0.3, -0.25) is 14.3 Å². The Morgan fingerprint density at radius 1 is 0.939 bits per heavy atom. The van der Waals surface area contributed by atoms with Crippen LogP contribution in [0.3, 0.4) is 0 Å². The number of alkyl halides is 6. The number of hydrogen-bond donors (Lipinski definition) is 0. The Balaban J connectivity index is 1.68. The maximum Gasteiger partial charge on any atom is 0.435 e. The summed E-state index contributed by atoms with van der Waals surface area (Å²) >= 11 is 6.04. The molecule has 0 fully saturated rings. The van der Waals surface area contributed by atoms with Gasteiger partial charge < -0.3 is 0 Å². The van der Waals surface area contributed by atoms with Crippen molar-refractivity contribution in [2.75, 3.05) is 4.90 Å². The van der Waals surface area contributed by atoms with Crippen molar-refractivity contribution in [1.82, 2.24) is 9.78 Å². The van der Waals surface area contributed by atoms with E-state index in [1.165, 1.54) is 43.3 Å². The number of benzene rings is 2. The van der Waals surface area contributed by atoms with Gasteiger partial charge >= 0.3 is 12.4 Å². The van der Waals surface area contributed by atoms with E-state index < -0.39 is 42.1 Å². The molecule has 0 atom stereocenters. The number of anilines is 1. The van der Waals surface area contributed by atoms with Crippen molar-refractivity contribution in [1.29, 1.82) is 0 Å². The summed E-state index contributed by atoms with van der Waals surface area (Å²) in [5.41, 5.74) is -2.35. The fourth-order valence-electron chi connectivity index (χ4n) is 3.61. The van der Waals surface area contributed by atoms with Gasteiger partial charge in [0.05, 0.1) is 28.4 Å². The third-order valence-electron chi connectivity index (χ3n) is 5.06. The van der Waals surface area contributed by atoms with Gasteiger partial charge in [-0.05, 0) is 36.2 Å². The fourth-order valence-corrected chi connectivity index (χ4v) is 3.86. The second-order valence-corrected chi connectivity index (χ2v) is 7.70. The number of fused-ring (bicyclic) bond motifs is 1. The van der Waals surface area contributed by atoms with Gasteiger partial charge in [-0.15, -0.1) is 0 Å². The third kappa shape index (κ3) is 3.97. The number of aromatic nitrogens is 2. The minimum absolute atomic E-state index is 0.0404. The summed E-state index contributed by atoms with van der Waals surface area (Å²) in [6.45, 7) is 0.902. The molecule has 1 aromatic heterocycles.